The van der Waals surface area contributed by atoms with E-state index >= 15 is 0 Å². The largest absolute Gasteiger partial charge is 0.494 e. The fourth-order valence-electron chi connectivity index (χ4n) is 4.23. The van der Waals surface area contributed by atoms with Crippen molar-refractivity contribution in [2.45, 2.75) is 46.1 Å². The van der Waals surface area contributed by atoms with Gasteiger partial charge in [-0.3, -0.25) is 9.69 Å². The van der Waals surface area contributed by atoms with Crippen LogP contribution in [0, 0.1) is 17.3 Å². The first-order valence-corrected chi connectivity index (χ1v) is 9.17. The number of ether oxygens (including phenoxy) is 1. The molecule has 1 aromatic carbocycles. The zero-order chi connectivity index (χ0) is 17.2. The first-order valence-electron chi connectivity index (χ1n) is 9.17. The van der Waals surface area contributed by atoms with Gasteiger partial charge in [0.15, 0.2) is 0 Å². The highest BCUT2D eigenvalue weighted by Crippen LogP contribution is 2.49. The Morgan fingerprint density at radius 1 is 1.38 bits per heavy atom. The highest BCUT2D eigenvalue weighted by Gasteiger charge is 2.54. The van der Waals surface area contributed by atoms with Gasteiger partial charge < -0.3 is 9.84 Å². The lowest BCUT2D eigenvalue weighted by Gasteiger charge is -2.23. The number of aliphatic carboxylic acids is 1. The summed E-state index contributed by atoms with van der Waals surface area (Å²) in [7, 11) is 0. The van der Waals surface area contributed by atoms with Gasteiger partial charge in [0.1, 0.15) is 5.75 Å². The van der Waals surface area contributed by atoms with Gasteiger partial charge in [-0.15, -0.1) is 0 Å². The van der Waals surface area contributed by atoms with Crippen LogP contribution in [0.2, 0.25) is 0 Å². The molecule has 1 heterocycles. The normalized spacial score (nSPS) is 26.7. The van der Waals surface area contributed by atoms with Gasteiger partial charge in [0.05, 0.1) is 12.0 Å². The quantitative estimate of drug-likeness (QED) is 0.826. The van der Waals surface area contributed by atoms with Crippen molar-refractivity contribution in [3.05, 3.63) is 29.8 Å². The number of hydrogen-bond donors (Lipinski definition) is 1. The smallest absolute Gasteiger partial charge is 0.311 e. The molecule has 4 heteroatoms. The van der Waals surface area contributed by atoms with E-state index in [0.717, 1.165) is 51.1 Å². The first-order chi connectivity index (χ1) is 11.5. The van der Waals surface area contributed by atoms with Gasteiger partial charge in [-0.25, -0.2) is 0 Å². The van der Waals surface area contributed by atoms with E-state index in [1.54, 1.807) is 0 Å². The van der Waals surface area contributed by atoms with E-state index in [4.69, 9.17) is 4.74 Å². The van der Waals surface area contributed by atoms with Crippen LogP contribution < -0.4 is 4.74 Å². The van der Waals surface area contributed by atoms with Crippen molar-refractivity contribution in [3.63, 3.8) is 0 Å². The minimum absolute atomic E-state index is 0.327. The fraction of sp³-hybridized carbons (Fsp3) is 0.650. The summed E-state index contributed by atoms with van der Waals surface area (Å²) in [6, 6.07) is 8.26. The molecule has 24 heavy (non-hydrogen) atoms. The average molecular weight is 331 g/mol. The minimum Gasteiger partial charge on any atom is -0.494 e. The Hall–Kier alpha value is -1.55. The molecule has 1 saturated carbocycles. The van der Waals surface area contributed by atoms with Gasteiger partial charge in [-0.2, -0.15) is 0 Å². The van der Waals surface area contributed by atoms with E-state index in [1.807, 2.05) is 12.1 Å². The van der Waals surface area contributed by atoms with Crippen LogP contribution in [0.3, 0.4) is 0 Å². The van der Waals surface area contributed by atoms with Crippen molar-refractivity contribution in [1.29, 1.82) is 0 Å². The summed E-state index contributed by atoms with van der Waals surface area (Å²) in [5, 5.41) is 9.67. The lowest BCUT2D eigenvalue weighted by molar-refractivity contribution is -0.149. The second kappa shape index (κ2) is 7.14. The first kappa shape index (κ1) is 17.3. The average Bonchev–Trinajstić information content (AvgIpc) is 3.06. The van der Waals surface area contributed by atoms with Crippen molar-refractivity contribution in [2.24, 2.45) is 17.3 Å². The zero-order valence-electron chi connectivity index (χ0n) is 14.8. The summed E-state index contributed by atoms with van der Waals surface area (Å²) in [4.78, 5) is 14.1. The molecule has 132 valence electrons. The van der Waals surface area contributed by atoms with Crippen LogP contribution in [0.1, 0.15) is 45.1 Å². The molecule has 1 N–H and O–H groups in total. The van der Waals surface area contributed by atoms with Gasteiger partial charge in [0, 0.05) is 19.6 Å². The molecular formula is C20H29NO3. The van der Waals surface area contributed by atoms with E-state index < -0.39 is 11.4 Å². The molecule has 0 radical (unpaired) electrons. The molecule has 1 aromatic rings. The zero-order valence-corrected chi connectivity index (χ0v) is 14.8. The molecule has 2 aliphatic rings. The predicted molar refractivity (Wildman–Crippen MR) is 94.1 cm³/mol. The molecule has 3 rings (SSSR count). The van der Waals surface area contributed by atoms with E-state index in [9.17, 15) is 9.90 Å². The van der Waals surface area contributed by atoms with Crippen LogP contribution in [0.15, 0.2) is 24.3 Å². The summed E-state index contributed by atoms with van der Waals surface area (Å²) < 4.78 is 5.76. The Kier molecular flexibility index (Phi) is 5.14. The van der Waals surface area contributed by atoms with Crippen LogP contribution in [-0.4, -0.2) is 35.7 Å². The number of fused-ring (bicyclic) bond motifs is 1. The maximum absolute atomic E-state index is 11.8. The molecule has 4 nitrogen and oxygen atoms in total. The second-order valence-corrected chi connectivity index (χ2v) is 7.90. The van der Waals surface area contributed by atoms with Gasteiger partial charge in [-0.1, -0.05) is 32.4 Å². The lowest BCUT2D eigenvalue weighted by Crippen LogP contribution is -2.35. The van der Waals surface area contributed by atoms with Gasteiger partial charge in [0.2, 0.25) is 0 Å². The topological polar surface area (TPSA) is 49.8 Å². The SMILES string of the molecule is CC(C)CCOc1ccc(CN2C[C@@H]3CCC[C@@]3(C(=O)O)C2)cc1. The van der Waals surface area contributed by atoms with E-state index in [1.165, 1.54) is 5.56 Å². The maximum atomic E-state index is 11.8. The summed E-state index contributed by atoms with van der Waals surface area (Å²) >= 11 is 0. The molecule has 1 aliphatic heterocycles. The molecule has 0 unspecified atom stereocenters. The van der Waals surface area contributed by atoms with Crippen molar-refractivity contribution in [1.82, 2.24) is 4.90 Å². The van der Waals surface area contributed by atoms with Crippen LogP contribution in [0.4, 0.5) is 0 Å². The predicted octanol–water partition coefficient (Wildman–Crippen LogP) is 3.80. The monoisotopic (exact) mass is 331 g/mol. The van der Waals surface area contributed by atoms with Crippen LogP contribution in [0.25, 0.3) is 0 Å². The molecular weight excluding hydrogens is 302 g/mol. The Morgan fingerprint density at radius 2 is 2.12 bits per heavy atom. The highest BCUT2D eigenvalue weighted by atomic mass is 16.5. The van der Waals surface area contributed by atoms with Crippen molar-refractivity contribution >= 4 is 5.97 Å². The minimum atomic E-state index is -0.596. The van der Waals surface area contributed by atoms with Crippen LogP contribution in [-0.2, 0) is 11.3 Å². The van der Waals surface area contributed by atoms with Gasteiger partial charge >= 0.3 is 5.97 Å². The Labute approximate surface area is 144 Å². The number of likely N-dealkylation sites (tertiary alicyclic amines) is 1. The van der Waals surface area contributed by atoms with Gasteiger partial charge in [-0.05, 0) is 48.8 Å². The third kappa shape index (κ3) is 3.59. The molecule has 2 atom stereocenters. The number of carboxylic acids is 1. The summed E-state index contributed by atoms with van der Waals surface area (Å²) in [5.41, 5.74) is 0.742. The third-order valence-corrected chi connectivity index (χ3v) is 5.66. The maximum Gasteiger partial charge on any atom is 0.311 e. The van der Waals surface area contributed by atoms with Crippen LogP contribution >= 0.6 is 0 Å². The number of carboxylic acid groups (broad SMARTS) is 1. The molecule has 1 aliphatic carbocycles. The molecule has 1 saturated heterocycles. The van der Waals surface area contributed by atoms with E-state index in [-0.39, 0.29) is 0 Å². The molecule has 2 fully saturated rings. The fourth-order valence-corrected chi connectivity index (χ4v) is 4.23. The number of benzene rings is 1. The number of nitrogens with zero attached hydrogens (tertiary/aromatic N) is 1. The number of rotatable bonds is 7. The molecule has 0 spiro atoms. The van der Waals surface area contributed by atoms with E-state index in [0.29, 0.717) is 18.4 Å². The standard InChI is InChI=1S/C20H29NO3/c1-15(2)9-11-24-18-7-5-16(6-8-18)12-21-13-17-4-3-10-20(17,14-21)19(22)23/h5-8,15,17H,3-4,9-14H2,1-2H3,(H,22,23)/t17-,20+/m0/s1. The molecule has 0 aromatic heterocycles. The Morgan fingerprint density at radius 3 is 2.75 bits per heavy atom. The van der Waals surface area contributed by atoms with E-state index in [2.05, 4.69) is 30.9 Å². The van der Waals surface area contributed by atoms with Crippen molar-refractivity contribution < 1.29 is 14.6 Å². The number of hydrogen-bond acceptors (Lipinski definition) is 3. The Balaban J connectivity index is 1.54. The summed E-state index contributed by atoms with van der Waals surface area (Å²) in [5.74, 6) is 1.30. The summed E-state index contributed by atoms with van der Waals surface area (Å²) in [6.45, 7) is 7.59. The van der Waals surface area contributed by atoms with Crippen molar-refractivity contribution in [3.8, 4) is 5.75 Å². The number of carbonyl (C=O) groups is 1. The molecule has 0 bridgehead atoms. The molecule has 0 amide bonds. The van der Waals surface area contributed by atoms with Crippen LogP contribution in [0.5, 0.6) is 5.75 Å². The lowest BCUT2D eigenvalue weighted by atomic mass is 9.81. The summed E-state index contributed by atoms with van der Waals surface area (Å²) in [6.07, 6.45) is 4.03. The highest BCUT2D eigenvalue weighted by molar-refractivity contribution is 5.76. The second-order valence-electron chi connectivity index (χ2n) is 7.90. The third-order valence-electron chi connectivity index (χ3n) is 5.66. The Bertz CT molecular complexity index is 569. The van der Waals surface area contributed by atoms with Crippen molar-refractivity contribution in [2.75, 3.05) is 19.7 Å². The van der Waals surface area contributed by atoms with Gasteiger partial charge in [0.25, 0.3) is 0 Å².